The molecule has 0 spiro atoms. The van der Waals surface area contributed by atoms with Gasteiger partial charge in [-0.2, -0.15) is 0 Å². The van der Waals surface area contributed by atoms with E-state index < -0.39 is 29.9 Å². The summed E-state index contributed by atoms with van der Waals surface area (Å²) < 4.78 is 0. The SMILES string of the molecule is CCCCCC(CC(C)=O)NC(=O)C(CCCCNC)NC(=O)C(CCCCNC)NC(=O)C(CCCCNC)NC=O. The minimum atomic E-state index is -0.859. The van der Waals surface area contributed by atoms with Gasteiger partial charge in [0, 0.05) is 12.5 Å². The molecule has 0 saturated heterocycles. The quantitative estimate of drug-likeness (QED) is 0.0490. The molecule has 0 heterocycles. The van der Waals surface area contributed by atoms with Gasteiger partial charge in [-0.25, -0.2) is 0 Å². The smallest absolute Gasteiger partial charge is 0.243 e. The van der Waals surface area contributed by atoms with Crippen LogP contribution in [-0.2, 0) is 24.0 Å². The molecule has 4 atom stereocenters. The van der Waals surface area contributed by atoms with E-state index in [1.165, 1.54) is 6.92 Å². The Hall–Kier alpha value is -2.57. The van der Waals surface area contributed by atoms with E-state index in [0.29, 0.717) is 44.9 Å². The summed E-state index contributed by atoms with van der Waals surface area (Å²) in [7, 11) is 5.58. The molecule has 250 valence electrons. The predicted molar refractivity (Wildman–Crippen MR) is 172 cm³/mol. The van der Waals surface area contributed by atoms with Crippen LogP contribution in [0.2, 0.25) is 0 Å². The van der Waals surface area contributed by atoms with Gasteiger partial charge in [-0.15, -0.1) is 0 Å². The van der Waals surface area contributed by atoms with E-state index in [-0.39, 0.29) is 24.2 Å². The average Bonchev–Trinajstić information content (AvgIpc) is 2.97. The molecule has 7 N–H and O–H groups in total. The first kappa shape index (κ1) is 40.4. The maximum atomic E-state index is 13.6. The summed E-state index contributed by atoms with van der Waals surface area (Å²) >= 11 is 0. The van der Waals surface area contributed by atoms with Crippen molar-refractivity contribution in [2.45, 2.75) is 128 Å². The van der Waals surface area contributed by atoms with Crippen LogP contribution in [0.1, 0.15) is 104 Å². The first-order chi connectivity index (χ1) is 20.7. The number of hydrogen-bond donors (Lipinski definition) is 7. The molecule has 0 radical (unpaired) electrons. The summed E-state index contributed by atoms with van der Waals surface area (Å²) in [5, 5.41) is 20.6. The molecular weight excluding hydrogens is 550 g/mol. The summed E-state index contributed by atoms with van der Waals surface area (Å²) in [5.41, 5.74) is 0. The molecule has 4 unspecified atom stereocenters. The van der Waals surface area contributed by atoms with Crippen molar-refractivity contribution in [2.75, 3.05) is 40.8 Å². The van der Waals surface area contributed by atoms with E-state index in [2.05, 4.69) is 44.1 Å². The van der Waals surface area contributed by atoms with E-state index in [1.807, 2.05) is 21.1 Å². The Labute approximate surface area is 259 Å². The molecule has 43 heavy (non-hydrogen) atoms. The van der Waals surface area contributed by atoms with Gasteiger partial charge in [0.15, 0.2) is 0 Å². The van der Waals surface area contributed by atoms with Crippen molar-refractivity contribution in [2.24, 2.45) is 0 Å². The Bertz CT molecular complexity index is 784. The highest BCUT2D eigenvalue weighted by atomic mass is 16.2. The summed E-state index contributed by atoms with van der Waals surface area (Å²) in [6, 6.07) is -2.70. The fourth-order valence-corrected chi connectivity index (χ4v) is 4.92. The molecule has 0 aliphatic carbocycles. The van der Waals surface area contributed by atoms with Crippen molar-refractivity contribution >= 4 is 29.9 Å². The Morgan fingerprint density at radius 3 is 1.42 bits per heavy atom. The van der Waals surface area contributed by atoms with Gasteiger partial charge in [0.2, 0.25) is 24.1 Å². The lowest BCUT2D eigenvalue weighted by Gasteiger charge is -2.26. The van der Waals surface area contributed by atoms with Gasteiger partial charge in [-0.3, -0.25) is 24.0 Å². The van der Waals surface area contributed by atoms with Crippen molar-refractivity contribution in [3.63, 3.8) is 0 Å². The van der Waals surface area contributed by atoms with Crippen molar-refractivity contribution in [1.29, 1.82) is 0 Å². The zero-order chi connectivity index (χ0) is 32.3. The minimum absolute atomic E-state index is 0.00481. The number of rotatable bonds is 29. The van der Waals surface area contributed by atoms with Crippen molar-refractivity contribution in [3.8, 4) is 0 Å². The van der Waals surface area contributed by atoms with E-state index in [4.69, 9.17) is 0 Å². The largest absolute Gasteiger partial charge is 0.351 e. The Kier molecular flexibility index (Phi) is 25.4. The lowest BCUT2D eigenvalue weighted by Crippen LogP contribution is -2.57. The molecule has 0 fully saturated rings. The van der Waals surface area contributed by atoms with Crippen LogP contribution < -0.4 is 37.2 Å². The molecule has 0 aromatic carbocycles. The van der Waals surface area contributed by atoms with Gasteiger partial charge in [0.25, 0.3) is 0 Å². The molecule has 0 aromatic heterocycles. The van der Waals surface area contributed by atoms with Gasteiger partial charge in [-0.1, -0.05) is 26.2 Å². The van der Waals surface area contributed by atoms with E-state index in [0.717, 1.165) is 64.6 Å². The molecule has 4 amide bonds. The van der Waals surface area contributed by atoms with Crippen LogP contribution in [0.4, 0.5) is 0 Å². The normalized spacial score (nSPS) is 13.8. The Balaban J connectivity index is 5.74. The van der Waals surface area contributed by atoms with Crippen LogP contribution in [0.25, 0.3) is 0 Å². The lowest BCUT2D eigenvalue weighted by atomic mass is 10.0. The van der Waals surface area contributed by atoms with Crippen LogP contribution >= 0.6 is 0 Å². The van der Waals surface area contributed by atoms with Gasteiger partial charge >= 0.3 is 0 Å². The van der Waals surface area contributed by atoms with Crippen LogP contribution in [0.5, 0.6) is 0 Å². The molecule has 0 rings (SSSR count). The fourth-order valence-electron chi connectivity index (χ4n) is 4.92. The first-order valence-electron chi connectivity index (χ1n) is 16.3. The highest BCUT2D eigenvalue weighted by Gasteiger charge is 2.29. The van der Waals surface area contributed by atoms with Crippen molar-refractivity contribution in [1.82, 2.24) is 37.2 Å². The van der Waals surface area contributed by atoms with Crippen molar-refractivity contribution in [3.05, 3.63) is 0 Å². The van der Waals surface area contributed by atoms with Gasteiger partial charge in [-0.05, 0) is 112 Å². The third-order valence-corrected chi connectivity index (χ3v) is 7.40. The van der Waals surface area contributed by atoms with Crippen molar-refractivity contribution < 1.29 is 24.0 Å². The molecule has 0 aliphatic rings. The minimum Gasteiger partial charge on any atom is -0.351 e. The summed E-state index contributed by atoms with van der Waals surface area (Å²) in [6.07, 6.45) is 10.3. The monoisotopic (exact) mass is 611 g/mol. The summed E-state index contributed by atoms with van der Waals surface area (Å²) in [4.78, 5) is 63.4. The molecular formula is C31H61N7O5. The number of carbonyl (C=O) groups is 5. The van der Waals surface area contributed by atoms with Gasteiger partial charge in [0.05, 0.1) is 0 Å². The molecule has 0 saturated carbocycles. The number of unbranched alkanes of at least 4 members (excludes halogenated alkanes) is 5. The second-order valence-corrected chi connectivity index (χ2v) is 11.4. The Morgan fingerprint density at radius 1 is 0.581 bits per heavy atom. The topological polar surface area (TPSA) is 170 Å². The van der Waals surface area contributed by atoms with E-state index >= 15 is 0 Å². The third-order valence-electron chi connectivity index (χ3n) is 7.40. The van der Waals surface area contributed by atoms with Crippen LogP contribution in [-0.4, -0.2) is 94.9 Å². The number of hydrogen-bond acceptors (Lipinski definition) is 8. The summed E-state index contributed by atoms with van der Waals surface area (Å²) in [6.45, 7) is 5.98. The second kappa shape index (κ2) is 27.0. The van der Waals surface area contributed by atoms with Crippen LogP contribution in [0.15, 0.2) is 0 Å². The average molecular weight is 612 g/mol. The second-order valence-electron chi connectivity index (χ2n) is 11.4. The Morgan fingerprint density at radius 2 is 1.00 bits per heavy atom. The van der Waals surface area contributed by atoms with Gasteiger partial charge < -0.3 is 37.2 Å². The lowest BCUT2D eigenvalue weighted by molar-refractivity contribution is -0.133. The predicted octanol–water partition coefficient (Wildman–Crippen LogP) is 1.28. The summed E-state index contributed by atoms with van der Waals surface area (Å²) in [5.74, 6) is -1.16. The maximum Gasteiger partial charge on any atom is 0.243 e. The number of ketones is 1. The first-order valence-corrected chi connectivity index (χ1v) is 16.3. The zero-order valence-electron chi connectivity index (χ0n) is 27.4. The fraction of sp³-hybridized carbons (Fsp3) is 0.839. The molecule has 12 heteroatoms. The van der Waals surface area contributed by atoms with E-state index in [1.54, 1.807) is 0 Å². The van der Waals surface area contributed by atoms with Gasteiger partial charge in [0.1, 0.15) is 23.9 Å². The number of Topliss-reactive ketones (excluding diaryl/α,β-unsaturated/α-hetero) is 1. The van der Waals surface area contributed by atoms with Crippen LogP contribution in [0.3, 0.4) is 0 Å². The third kappa shape index (κ3) is 20.9. The zero-order valence-corrected chi connectivity index (χ0v) is 27.4. The number of amides is 4. The molecule has 0 aromatic rings. The highest BCUT2D eigenvalue weighted by molar-refractivity contribution is 5.93. The highest BCUT2D eigenvalue weighted by Crippen LogP contribution is 2.11. The molecule has 0 aliphatic heterocycles. The standard InChI is InChI=1S/C31H61N7O5/c1-6-7-8-15-25(22-24(2)40)36-30(42)27(17-10-13-20-33-4)38-31(43)28(18-11-14-21-34-5)37-29(41)26(35-23-39)16-9-12-19-32-3/h23,25-28,32-34H,6-22H2,1-5H3,(H,35,39)(H,36,42)(H,37,41)(H,38,43). The maximum absolute atomic E-state index is 13.6. The van der Waals surface area contributed by atoms with E-state index in [9.17, 15) is 24.0 Å². The molecule has 12 nitrogen and oxygen atoms in total. The number of nitrogens with one attached hydrogen (secondary N) is 7. The number of carbonyl (C=O) groups excluding carboxylic acids is 5. The molecule has 0 bridgehead atoms. The van der Waals surface area contributed by atoms with Crippen LogP contribution in [0, 0.1) is 0 Å².